The summed E-state index contributed by atoms with van der Waals surface area (Å²) in [6.45, 7) is 3.11. The molecule has 1 unspecified atom stereocenters. The number of anilines is 1. The van der Waals surface area contributed by atoms with Gasteiger partial charge in [0.2, 0.25) is 5.95 Å². The Bertz CT molecular complexity index is 533. The van der Waals surface area contributed by atoms with Crippen LogP contribution in [0.25, 0.3) is 11.0 Å². The van der Waals surface area contributed by atoms with E-state index in [1.807, 2.05) is 0 Å². The number of fused-ring (bicyclic) bond motifs is 1. The number of hydrogen-bond donors (Lipinski definition) is 1. The molecule has 1 aromatic heterocycles. The first-order valence-corrected chi connectivity index (χ1v) is 6.64. The second kappa shape index (κ2) is 4.81. The van der Waals surface area contributed by atoms with Gasteiger partial charge in [0.25, 0.3) is 0 Å². The molecule has 0 fully saturated rings. The third-order valence-corrected chi connectivity index (χ3v) is 3.42. The van der Waals surface area contributed by atoms with E-state index in [2.05, 4.69) is 76.3 Å². The fourth-order valence-corrected chi connectivity index (χ4v) is 2.64. The number of likely N-dealkylation sites (N-methyl/N-ethyl adjacent to an activating group) is 1. The number of hydrogen-bond acceptors (Lipinski definition) is 3. The van der Waals surface area contributed by atoms with Crippen LogP contribution < -0.4 is 5.73 Å². The van der Waals surface area contributed by atoms with Crippen molar-refractivity contribution in [3.63, 3.8) is 0 Å². The van der Waals surface area contributed by atoms with Crippen molar-refractivity contribution >= 4 is 39.6 Å². The Balaban J connectivity index is 2.49. The highest BCUT2D eigenvalue weighted by Crippen LogP contribution is 2.24. The number of nitrogens with zero attached hydrogens (tertiary/aromatic N) is 3. The van der Waals surface area contributed by atoms with E-state index in [0.717, 1.165) is 17.6 Å². The Labute approximate surface area is 115 Å². The van der Waals surface area contributed by atoms with Gasteiger partial charge >= 0.3 is 0 Å². The predicted molar refractivity (Wildman–Crippen MR) is 80.1 cm³/mol. The lowest BCUT2D eigenvalue weighted by Gasteiger charge is -2.20. The first kappa shape index (κ1) is 12.6. The molecule has 0 amide bonds. The molecule has 92 valence electrons. The van der Waals surface area contributed by atoms with E-state index < -0.39 is 0 Å². The summed E-state index contributed by atoms with van der Waals surface area (Å²) < 4.78 is 3.28. The molecule has 1 atom stereocenters. The molecule has 4 nitrogen and oxygen atoms in total. The third-order valence-electron chi connectivity index (χ3n) is 2.75. The molecule has 5 heteroatoms. The molecular formula is C12H17IN4. The average molecular weight is 344 g/mol. The highest BCUT2D eigenvalue weighted by Gasteiger charge is 2.14. The number of nitrogen functional groups attached to an aromatic ring is 1. The van der Waals surface area contributed by atoms with Crippen LogP contribution in [-0.4, -0.2) is 35.1 Å². The molecule has 0 aliphatic carbocycles. The van der Waals surface area contributed by atoms with Gasteiger partial charge in [0, 0.05) is 16.2 Å². The Kier molecular flexibility index (Phi) is 3.58. The molecular weight excluding hydrogens is 327 g/mol. The van der Waals surface area contributed by atoms with Crippen LogP contribution in [0.2, 0.25) is 0 Å². The summed E-state index contributed by atoms with van der Waals surface area (Å²) in [4.78, 5) is 6.58. The normalized spacial score (nSPS) is 13.5. The summed E-state index contributed by atoms with van der Waals surface area (Å²) in [5, 5.41) is 0. The molecule has 0 bridgehead atoms. The Morgan fingerprint density at radius 3 is 2.82 bits per heavy atom. The Hall–Kier alpha value is -0.820. The van der Waals surface area contributed by atoms with Gasteiger partial charge in [0.15, 0.2) is 0 Å². The van der Waals surface area contributed by atoms with Gasteiger partial charge in [-0.15, -0.1) is 0 Å². The van der Waals surface area contributed by atoms with Gasteiger partial charge in [-0.2, -0.15) is 0 Å². The summed E-state index contributed by atoms with van der Waals surface area (Å²) in [6.07, 6.45) is 0. The maximum absolute atomic E-state index is 6.01. The van der Waals surface area contributed by atoms with E-state index in [-0.39, 0.29) is 0 Å². The molecule has 2 rings (SSSR count). The molecule has 0 aliphatic rings. The minimum Gasteiger partial charge on any atom is -0.369 e. The maximum Gasteiger partial charge on any atom is 0.201 e. The van der Waals surface area contributed by atoms with Crippen molar-refractivity contribution in [1.29, 1.82) is 0 Å². The number of rotatable bonds is 3. The minimum atomic E-state index is 0.315. The standard InChI is InChI=1S/C12H17IN4/c1-8(7-16(2)3)17-11-5-4-9(13)6-10(11)15-12(17)14/h4-6,8H,7H2,1-3H3,(H2,14,15). The van der Waals surface area contributed by atoms with E-state index in [1.54, 1.807) is 0 Å². The molecule has 2 N–H and O–H groups in total. The van der Waals surface area contributed by atoms with Crippen LogP contribution >= 0.6 is 22.6 Å². The molecule has 0 aliphatic heterocycles. The maximum atomic E-state index is 6.01. The quantitative estimate of drug-likeness (QED) is 0.870. The van der Waals surface area contributed by atoms with Crippen molar-refractivity contribution in [2.75, 3.05) is 26.4 Å². The van der Waals surface area contributed by atoms with Crippen molar-refractivity contribution < 1.29 is 0 Å². The van der Waals surface area contributed by atoms with Gasteiger partial charge in [-0.1, -0.05) is 0 Å². The fraction of sp³-hybridized carbons (Fsp3) is 0.417. The molecule has 0 radical (unpaired) electrons. The summed E-state index contributed by atoms with van der Waals surface area (Å²) in [6, 6.07) is 6.55. The molecule has 0 saturated carbocycles. The summed E-state index contributed by atoms with van der Waals surface area (Å²) >= 11 is 2.29. The van der Waals surface area contributed by atoms with Crippen LogP contribution in [0.15, 0.2) is 18.2 Å². The molecule has 0 spiro atoms. The van der Waals surface area contributed by atoms with Crippen molar-refractivity contribution in [3.05, 3.63) is 21.8 Å². The Morgan fingerprint density at radius 2 is 2.18 bits per heavy atom. The second-order valence-electron chi connectivity index (χ2n) is 4.58. The van der Waals surface area contributed by atoms with Crippen molar-refractivity contribution in [2.45, 2.75) is 13.0 Å². The highest BCUT2D eigenvalue weighted by atomic mass is 127. The molecule has 1 aromatic carbocycles. The monoisotopic (exact) mass is 344 g/mol. The lowest BCUT2D eigenvalue weighted by Crippen LogP contribution is -2.23. The number of nitrogens with two attached hydrogens (primary N) is 1. The topological polar surface area (TPSA) is 47.1 Å². The first-order chi connectivity index (χ1) is 7.99. The largest absolute Gasteiger partial charge is 0.369 e. The number of benzene rings is 1. The van der Waals surface area contributed by atoms with Gasteiger partial charge in [-0.05, 0) is 61.8 Å². The van der Waals surface area contributed by atoms with E-state index in [4.69, 9.17) is 5.73 Å². The zero-order valence-electron chi connectivity index (χ0n) is 10.3. The molecule has 2 aromatic rings. The summed E-state index contributed by atoms with van der Waals surface area (Å²) in [7, 11) is 4.13. The van der Waals surface area contributed by atoms with Gasteiger partial charge in [-0.25, -0.2) is 4.98 Å². The SMILES string of the molecule is CC(CN(C)C)n1c(N)nc2cc(I)ccc21. The van der Waals surface area contributed by atoms with E-state index in [1.165, 1.54) is 3.57 Å². The van der Waals surface area contributed by atoms with Crippen LogP contribution in [0.1, 0.15) is 13.0 Å². The van der Waals surface area contributed by atoms with Gasteiger partial charge in [-0.3, -0.25) is 0 Å². The lowest BCUT2D eigenvalue weighted by molar-refractivity contribution is 0.342. The van der Waals surface area contributed by atoms with Crippen LogP contribution in [0, 0.1) is 3.57 Å². The highest BCUT2D eigenvalue weighted by molar-refractivity contribution is 14.1. The van der Waals surface area contributed by atoms with Gasteiger partial charge < -0.3 is 15.2 Å². The fourth-order valence-electron chi connectivity index (χ4n) is 2.16. The molecule has 1 heterocycles. The van der Waals surface area contributed by atoms with Crippen LogP contribution in [0.4, 0.5) is 5.95 Å². The van der Waals surface area contributed by atoms with Gasteiger partial charge in [0.05, 0.1) is 11.0 Å². The third kappa shape index (κ3) is 2.55. The average Bonchev–Trinajstić information content (AvgIpc) is 2.51. The minimum absolute atomic E-state index is 0.315. The molecule has 0 saturated heterocycles. The van der Waals surface area contributed by atoms with Gasteiger partial charge in [0.1, 0.15) is 0 Å². The van der Waals surface area contributed by atoms with Crippen LogP contribution in [0.5, 0.6) is 0 Å². The zero-order valence-corrected chi connectivity index (χ0v) is 12.5. The molecule has 17 heavy (non-hydrogen) atoms. The smallest absolute Gasteiger partial charge is 0.201 e. The zero-order chi connectivity index (χ0) is 12.6. The predicted octanol–water partition coefficient (Wildman–Crippen LogP) is 2.35. The number of halogens is 1. The van der Waals surface area contributed by atoms with E-state index in [0.29, 0.717) is 12.0 Å². The van der Waals surface area contributed by atoms with Crippen molar-refractivity contribution in [3.8, 4) is 0 Å². The summed E-state index contributed by atoms with van der Waals surface area (Å²) in [5.74, 6) is 0.594. The first-order valence-electron chi connectivity index (χ1n) is 5.56. The van der Waals surface area contributed by atoms with Crippen LogP contribution in [-0.2, 0) is 0 Å². The van der Waals surface area contributed by atoms with E-state index >= 15 is 0 Å². The van der Waals surface area contributed by atoms with Crippen molar-refractivity contribution in [1.82, 2.24) is 14.5 Å². The van der Waals surface area contributed by atoms with E-state index in [9.17, 15) is 0 Å². The number of imidazole rings is 1. The van der Waals surface area contributed by atoms with Crippen LogP contribution in [0.3, 0.4) is 0 Å². The summed E-state index contributed by atoms with van der Waals surface area (Å²) in [5.41, 5.74) is 8.09. The Morgan fingerprint density at radius 1 is 1.47 bits per heavy atom. The number of aromatic nitrogens is 2. The second-order valence-corrected chi connectivity index (χ2v) is 5.83. The van der Waals surface area contributed by atoms with Crippen molar-refractivity contribution in [2.24, 2.45) is 0 Å². The lowest BCUT2D eigenvalue weighted by atomic mass is 10.2.